The summed E-state index contributed by atoms with van der Waals surface area (Å²) >= 11 is 0. The second-order valence-electron chi connectivity index (χ2n) is 9.93. The average molecular weight is 365 g/mol. The molecule has 6 nitrogen and oxygen atoms in total. The van der Waals surface area contributed by atoms with Crippen molar-refractivity contribution in [1.82, 2.24) is 20.4 Å². The van der Waals surface area contributed by atoms with E-state index in [2.05, 4.69) is 15.5 Å². The van der Waals surface area contributed by atoms with Crippen LogP contribution in [0.2, 0.25) is 0 Å². The van der Waals surface area contributed by atoms with Crippen LogP contribution < -0.4 is 10.6 Å². The predicted octanol–water partition coefficient (Wildman–Crippen LogP) is 1.37. The molecule has 4 saturated heterocycles. The van der Waals surface area contributed by atoms with E-state index in [0.717, 1.165) is 50.0 Å². The van der Waals surface area contributed by atoms with Gasteiger partial charge in [-0.2, -0.15) is 0 Å². The van der Waals surface area contributed by atoms with Gasteiger partial charge in [0.25, 0.3) is 0 Å². The molecule has 0 spiro atoms. The van der Waals surface area contributed by atoms with Gasteiger partial charge >= 0.3 is 6.09 Å². The monoisotopic (exact) mass is 364 g/mol. The number of likely N-dealkylation sites (tertiary alicyclic amines) is 2. The van der Waals surface area contributed by atoms with Crippen molar-refractivity contribution in [3.8, 4) is 0 Å². The molecule has 0 unspecified atom stereocenters. The van der Waals surface area contributed by atoms with Gasteiger partial charge in [0, 0.05) is 32.2 Å². The Hall–Kier alpha value is -0.850. The maximum atomic E-state index is 11.6. The molecule has 1 saturated carbocycles. The topological polar surface area (TPSA) is 56.8 Å². The number of ether oxygens (including phenoxy) is 1. The second-order valence-corrected chi connectivity index (χ2v) is 9.93. The molecule has 0 aromatic carbocycles. The van der Waals surface area contributed by atoms with Gasteiger partial charge in [-0.3, -0.25) is 4.90 Å². The molecule has 148 valence electrons. The van der Waals surface area contributed by atoms with Gasteiger partial charge in [0.2, 0.25) is 0 Å². The lowest BCUT2D eigenvalue weighted by molar-refractivity contribution is -0.0161. The fourth-order valence-corrected chi connectivity index (χ4v) is 4.16. The lowest BCUT2D eigenvalue weighted by atomic mass is 9.82. The minimum atomic E-state index is -0.375. The largest absolute Gasteiger partial charge is 0.444 e. The highest BCUT2D eigenvalue weighted by Crippen LogP contribution is 2.36. The SMILES string of the molecule is C1NCC1C1CN(C2CC2)C1.CC(C)(C)OC(=O)N1CC(C2CNC2)C1. The third-order valence-electron chi connectivity index (χ3n) is 6.52. The standard InChI is InChI=1S/C11H20N2O2.C9H16N2/c1-11(2,3)15-10(14)13-6-9(7-13)8-4-12-5-8;1-2-9(1)11-5-8(6-11)7-3-10-4-7/h8-9,12H,4-7H2,1-3H3;7-10H,1-6H2. The average Bonchev–Trinajstić information content (AvgIpc) is 3.14. The van der Waals surface area contributed by atoms with E-state index in [9.17, 15) is 4.79 Å². The summed E-state index contributed by atoms with van der Waals surface area (Å²) in [6, 6.07) is 1.01. The minimum Gasteiger partial charge on any atom is -0.444 e. The van der Waals surface area contributed by atoms with Gasteiger partial charge in [0.1, 0.15) is 5.60 Å². The van der Waals surface area contributed by atoms with Crippen LogP contribution >= 0.6 is 0 Å². The summed E-state index contributed by atoms with van der Waals surface area (Å²) in [5.41, 5.74) is -0.375. The van der Waals surface area contributed by atoms with Gasteiger partial charge in [0.15, 0.2) is 0 Å². The summed E-state index contributed by atoms with van der Waals surface area (Å²) in [7, 11) is 0. The number of carbonyl (C=O) groups is 1. The van der Waals surface area contributed by atoms with Crippen molar-refractivity contribution in [1.29, 1.82) is 0 Å². The highest BCUT2D eigenvalue weighted by molar-refractivity contribution is 5.69. The Morgan fingerprint density at radius 2 is 1.35 bits per heavy atom. The van der Waals surface area contributed by atoms with Gasteiger partial charge in [-0.05, 0) is 83.5 Å². The van der Waals surface area contributed by atoms with E-state index in [1.165, 1.54) is 39.0 Å². The van der Waals surface area contributed by atoms with Crippen LogP contribution in [0.5, 0.6) is 0 Å². The lowest BCUT2D eigenvalue weighted by Gasteiger charge is -2.47. The van der Waals surface area contributed by atoms with E-state index in [1.54, 1.807) is 4.90 Å². The molecule has 1 amide bonds. The van der Waals surface area contributed by atoms with Crippen LogP contribution in [0.25, 0.3) is 0 Å². The van der Waals surface area contributed by atoms with Crippen LogP contribution in [0, 0.1) is 23.7 Å². The number of amides is 1. The zero-order chi connectivity index (χ0) is 18.3. The maximum Gasteiger partial charge on any atom is 0.410 e. The molecule has 5 aliphatic rings. The van der Waals surface area contributed by atoms with Crippen LogP contribution in [0.1, 0.15) is 33.6 Å². The van der Waals surface area contributed by atoms with E-state index in [1.807, 2.05) is 20.8 Å². The summed E-state index contributed by atoms with van der Waals surface area (Å²) in [5.74, 6) is 3.56. The van der Waals surface area contributed by atoms with E-state index in [0.29, 0.717) is 5.92 Å². The third-order valence-corrected chi connectivity index (χ3v) is 6.52. The quantitative estimate of drug-likeness (QED) is 0.792. The van der Waals surface area contributed by atoms with Gasteiger partial charge in [-0.1, -0.05) is 0 Å². The highest BCUT2D eigenvalue weighted by Gasteiger charge is 2.42. The number of nitrogens with one attached hydrogen (secondary N) is 2. The van der Waals surface area contributed by atoms with Gasteiger partial charge in [-0.25, -0.2) is 4.79 Å². The summed E-state index contributed by atoms with van der Waals surface area (Å²) in [4.78, 5) is 16.1. The maximum absolute atomic E-state index is 11.6. The van der Waals surface area contributed by atoms with Crippen LogP contribution in [0.3, 0.4) is 0 Å². The number of rotatable bonds is 3. The Balaban J connectivity index is 0.000000135. The van der Waals surface area contributed by atoms with Crippen molar-refractivity contribution in [2.75, 3.05) is 52.4 Å². The van der Waals surface area contributed by atoms with Crippen molar-refractivity contribution in [3.63, 3.8) is 0 Å². The first-order chi connectivity index (χ1) is 12.4. The first-order valence-electron chi connectivity index (χ1n) is 10.5. The number of nitrogens with zero attached hydrogens (tertiary/aromatic N) is 2. The molecular weight excluding hydrogens is 328 g/mol. The fraction of sp³-hybridized carbons (Fsp3) is 0.950. The molecular formula is C20H36N4O2. The zero-order valence-corrected chi connectivity index (χ0v) is 16.7. The van der Waals surface area contributed by atoms with Crippen molar-refractivity contribution >= 4 is 6.09 Å². The highest BCUT2D eigenvalue weighted by atomic mass is 16.6. The molecule has 1 aliphatic carbocycles. The van der Waals surface area contributed by atoms with Gasteiger partial charge < -0.3 is 20.3 Å². The van der Waals surface area contributed by atoms with E-state index in [4.69, 9.17) is 4.74 Å². The van der Waals surface area contributed by atoms with Crippen LogP contribution in [-0.4, -0.2) is 79.9 Å². The summed E-state index contributed by atoms with van der Waals surface area (Å²) in [6.45, 7) is 15.1. The number of carbonyl (C=O) groups excluding carboxylic acids is 1. The minimum absolute atomic E-state index is 0.161. The molecule has 0 bridgehead atoms. The van der Waals surface area contributed by atoms with Gasteiger partial charge in [-0.15, -0.1) is 0 Å². The third kappa shape index (κ3) is 4.34. The summed E-state index contributed by atoms with van der Waals surface area (Å²) in [6.07, 6.45) is 2.80. The molecule has 0 atom stereocenters. The van der Waals surface area contributed by atoms with Crippen LogP contribution in [-0.2, 0) is 4.74 Å². The molecule has 5 rings (SSSR count). The fourth-order valence-electron chi connectivity index (χ4n) is 4.16. The molecule has 5 fully saturated rings. The summed E-state index contributed by atoms with van der Waals surface area (Å²) in [5, 5.41) is 6.61. The van der Waals surface area contributed by atoms with Crippen LogP contribution in [0.4, 0.5) is 4.79 Å². The molecule has 2 N–H and O–H groups in total. The molecule has 6 heteroatoms. The second kappa shape index (κ2) is 7.28. The normalized spacial score (nSPS) is 28.2. The summed E-state index contributed by atoms with van der Waals surface area (Å²) < 4.78 is 5.29. The Labute approximate surface area is 158 Å². The van der Waals surface area contributed by atoms with E-state index in [-0.39, 0.29) is 11.7 Å². The lowest BCUT2D eigenvalue weighted by Crippen LogP contribution is -2.60. The van der Waals surface area contributed by atoms with Gasteiger partial charge in [0.05, 0.1) is 0 Å². The van der Waals surface area contributed by atoms with Crippen LogP contribution in [0.15, 0.2) is 0 Å². The first-order valence-corrected chi connectivity index (χ1v) is 10.5. The molecule has 0 radical (unpaired) electrons. The smallest absolute Gasteiger partial charge is 0.410 e. The Morgan fingerprint density at radius 1 is 0.846 bits per heavy atom. The first kappa shape index (κ1) is 18.5. The van der Waals surface area contributed by atoms with Crippen molar-refractivity contribution in [2.45, 2.75) is 45.3 Å². The zero-order valence-electron chi connectivity index (χ0n) is 16.7. The van der Waals surface area contributed by atoms with Crippen molar-refractivity contribution in [2.24, 2.45) is 23.7 Å². The van der Waals surface area contributed by atoms with Crippen molar-refractivity contribution < 1.29 is 9.53 Å². The van der Waals surface area contributed by atoms with Crippen molar-refractivity contribution in [3.05, 3.63) is 0 Å². The molecule has 4 aliphatic heterocycles. The molecule has 26 heavy (non-hydrogen) atoms. The Morgan fingerprint density at radius 3 is 1.73 bits per heavy atom. The molecule has 0 aromatic heterocycles. The Kier molecular flexibility index (Phi) is 5.19. The predicted molar refractivity (Wildman–Crippen MR) is 102 cm³/mol. The van der Waals surface area contributed by atoms with E-state index >= 15 is 0 Å². The molecule has 0 aromatic rings. The Bertz CT molecular complexity index is 496. The number of hydrogen-bond acceptors (Lipinski definition) is 5. The molecule has 4 heterocycles. The number of hydrogen-bond donors (Lipinski definition) is 2. The van der Waals surface area contributed by atoms with E-state index < -0.39 is 0 Å².